The Balaban J connectivity index is 1.97. The fourth-order valence-electron chi connectivity index (χ4n) is 3.79. The molecule has 2 heterocycles. The van der Waals surface area contributed by atoms with Crippen LogP contribution in [0.3, 0.4) is 0 Å². The summed E-state index contributed by atoms with van der Waals surface area (Å²) in [6.07, 6.45) is 8.46. The smallest absolute Gasteiger partial charge is 0.128 e. The molecule has 1 aromatic heterocycles. The Labute approximate surface area is 180 Å². The highest BCUT2D eigenvalue weighted by Gasteiger charge is 2.31. The molecular weight excluding hydrogens is 376 g/mol. The van der Waals surface area contributed by atoms with E-state index in [9.17, 15) is 5.11 Å². The van der Waals surface area contributed by atoms with Gasteiger partial charge in [0.1, 0.15) is 5.75 Å². The molecule has 0 aliphatic carbocycles. The van der Waals surface area contributed by atoms with Crippen LogP contribution in [0.1, 0.15) is 63.5 Å². The van der Waals surface area contributed by atoms with E-state index in [2.05, 4.69) is 38.0 Å². The van der Waals surface area contributed by atoms with Gasteiger partial charge in [0.25, 0.3) is 0 Å². The molecule has 5 nitrogen and oxygen atoms in total. The minimum absolute atomic E-state index is 0.480. The van der Waals surface area contributed by atoms with Crippen LogP contribution in [0.15, 0.2) is 24.4 Å². The van der Waals surface area contributed by atoms with Gasteiger partial charge in [-0.1, -0.05) is 32.1 Å². The van der Waals surface area contributed by atoms with E-state index in [1.165, 1.54) is 5.56 Å². The molecule has 3 rings (SSSR count). The maximum Gasteiger partial charge on any atom is 0.128 e. The first-order valence-electron chi connectivity index (χ1n) is 11.1. The highest BCUT2D eigenvalue weighted by Crippen LogP contribution is 2.33. The van der Waals surface area contributed by atoms with E-state index in [1.807, 2.05) is 16.8 Å². The summed E-state index contributed by atoms with van der Waals surface area (Å²) >= 11 is 0. The molecule has 2 aromatic rings. The maximum atomic E-state index is 11.0. The van der Waals surface area contributed by atoms with Crippen LogP contribution < -0.4 is 4.74 Å². The molecule has 1 N–H and O–H groups in total. The Morgan fingerprint density at radius 2 is 2.03 bits per heavy atom. The van der Waals surface area contributed by atoms with Gasteiger partial charge in [0.15, 0.2) is 0 Å². The molecule has 5 heteroatoms. The predicted molar refractivity (Wildman–Crippen MR) is 120 cm³/mol. The highest BCUT2D eigenvalue weighted by molar-refractivity contribution is 5.71. The molecule has 1 saturated heterocycles. The van der Waals surface area contributed by atoms with Crippen molar-refractivity contribution in [2.24, 2.45) is 0 Å². The van der Waals surface area contributed by atoms with Crippen molar-refractivity contribution < 1.29 is 14.6 Å². The number of methoxy groups -OCH3 is 1. The number of rotatable bonds is 8. The first kappa shape index (κ1) is 22.4. The van der Waals surface area contributed by atoms with E-state index in [1.54, 1.807) is 7.11 Å². The van der Waals surface area contributed by atoms with Gasteiger partial charge in [-0.05, 0) is 43.0 Å². The summed E-state index contributed by atoms with van der Waals surface area (Å²) in [4.78, 5) is 0. The lowest BCUT2D eigenvalue weighted by Crippen LogP contribution is -2.40. The number of aromatic nitrogens is 2. The largest absolute Gasteiger partial charge is 0.496 e. The average Bonchev–Trinajstić information content (AvgIpc) is 3.14. The zero-order valence-electron chi connectivity index (χ0n) is 18.5. The number of aliphatic hydroxyl groups is 1. The van der Waals surface area contributed by atoms with Crippen LogP contribution in [0.2, 0.25) is 0 Å². The van der Waals surface area contributed by atoms with Gasteiger partial charge >= 0.3 is 0 Å². The maximum absolute atomic E-state index is 11.0. The Morgan fingerprint density at radius 1 is 1.23 bits per heavy atom. The number of benzene rings is 1. The van der Waals surface area contributed by atoms with E-state index < -0.39 is 5.60 Å². The second-order valence-corrected chi connectivity index (χ2v) is 8.11. The Kier molecular flexibility index (Phi) is 7.95. The number of hydrogen-bond donors (Lipinski definition) is 1. The normalized spacial score (nSPS) is 15.5. The van der Waals surface area contributed by atoms with Gasteiger partial charge in [-0.25, -0.2) is 0 Å². The molecule has 0 amide bonds. The molecule has 0 radical (unpaired) electrons. The molecular formula is C25H34N2O3. The Morgan fingerprint density at radius 3 is 2.73 bits per heavy atom. The summed E-state index contributed by atoms with van der Waals surface area (Å²) < 4.78 is 13.0. The van der Waals surface area contributed by atoms with E-state index in [-0.39, 0.29) is 0 Å². The summed E-state index contributed by atoms with van der Waals surface area (Å²) in [7, 11) is 1.69. The van der Waals surface area contributed by atoms with E-state index in [0.717, 1.165) is 54.7 Å². The average molecular weight is 411 g/mol. The second-order valence-electron chi connectivity index (χ2n) is 8.11. The zero-order valence-corrected chi connectivity index (χ0v) is 18.5. The zero-order chi connectivity index (χ0) is 21.4. The van der Waals surface area contributed by atoms with Crippen molar-refractivity contribution in [1.29, 1.82) is 0 Å². The van der Waals surface area contributed by atoms with E-state index >= 15 is 0 Å². The molecule has 30 heavy (non-hydrogen) atoms. The van der Waals surface area contributed by atoms with Crippen molar-refractivity contribution in [2.75, 3.05) is 20.3 Å². The van der Waals surface area contributed by atoms with Crippen molar-refractivity contribution >= 4 is 0 Å². The summed E-state index contributed by atoms with van der Waals surface area (Å²) in [6, 6.07) is 6.05. The van der Waals surface area contributed by atoms with Crippen molar-refractivity contribution in [3.8, 4) is 28.8 Å². The van der Waals surface area contributed by atoms with Crippen LogP contribution in [-0.4, -0.2) is 40.8 Å². The van der Waals surface area contributed by atoms with E-state index in [4.69, 9.17) is 14.6 Å². The second kappa shape index (κ2) is 10.7. The van der Waals surface area contributed by atoms with Gasteiger partial charge in [-0.3, -0.25) is 4.68 Å². The molecule has 0 unspecified atom stereocenters. The van der Waals surface area contributed by atoms with Gasteiger partial charge < -0.3 is 14.6 Å². The summed E-state index contributed by atoms with van der Waals surface area (Å²) in [5.74, 6) is 7.27. The first-order valence-corrected chi connectivity index (χ1v) is 11.1. The van der Waals surface area contributed by atoms with Crippen LogP contribution in [0, 0.1) is 11.8 Å². The number of ether oxygens (including phenoxy) is 2. The summed E-state index contributed by atoms with van der Waals surface area (Å²) in [5, 5.41) is 15.9. The topological polar surface area (TPSA) is 56.5 Å². The SMILES string of the molecule is CCCC#Cc1ccc(OC)c(-c2nn(CC3(O)CCOCC3)cc2CCCC)c1. The summed E-state index contributed by atoms with van der Waals surface area (Å²) in [5.41, 5.74) is 3.28. The number of nitrogens with zero attached hydrogens (tertiary/aromatic N) is 2. The van der Waals surface area contributed by atoms with Crippen LogP contribution >= 0.6 is 0 Å². The van der Waals surface area contributed by atoms with E-state index in [0.29, 0.717) is 32.6 Å². The molecule has 0 atom stereocenters. The predicted octanol–water partition coefficient (Wildman–Crippen LogP) is 4.59. The fourth-order valence-corrected chi connectivity index (χ4v) is 3.79. The third kappa shape index (κ3) is 5.65. The third-order valence-corrected chi connectivity index (χ3v) is 5.58. The molecule has 0 spiro atoms. The highest BCUT2D eigenvalue weighted by atomic mass is 16.5. The lowest BCUT2D eigenvalue weighted by Gasteiger charge is -2.31. The number of aryl methyl sites for hydroxylation is 1. The van der Waals surface area contributed by atoms with Crippen LogP contribution in [0.25, 0.3) is 11.3 Å². The number of hydrogen-bond acceptors (Lipinski definition) is 4. The lowest BCUT2D eigenvalue weighted by atomic mass is 9.94. The minimum atomic E-state index is -0.763. The fraction of sp³-hybridized carbons (Fsp3) is 0.560. The third-order valence-electron chi connectivity index (χ3n) is 5.58. The van der Waals surface area contributed by atoms with Gasteiger partial charge in [0.05, 0.1) is 24.9 Å². The first-order chi connectivity index (χ1) is 14.6. The van der Waals surface area contributed by atoms with Crippen LogP contribution in [0.4, 0.5) is 0 Å². The molecule has 1 aromatic carbocycles. The quantitative estimate of drug-likeness (QED) is 0.647. The van der Waals surface area contributed by atoms with Crippen molar-refractivity contribution in [3.05, 3.63) is 35.5 Å². The summed E-state index contributed by atoms with van der Waals surface area (Å²) in [6.45, 7) is 6.00. The molecule has 162 valence electrons. The van der Waals surface area contributed by atoms with Gasteiger partial charge in [0.2, 0.25) is 0 Å². The molecule has 1 fully saturated rings. The van der Waals surface area contributed by atoms with Crippen molar-refractivity contribution in [2.45, 2.75) is 70.9 Å². The lowest BCUT2D eigenvalue weighted by molar-refractivity contribution is -0.0744. The van der Waals surface area contributed by atoms with Crippen molar-refractivity contribution in [3.63, 3.8) is 0 Å². The molecule has 0 saturated carbocycles. The number of unbranched alkanes of at least 4 members (excludes halogenated alkanes) is 2. The van der Waals surface area contributed by atoms with Gasteiger partial charge in [-0.2, -0.15) is 5.10 Å². The van der Waals surface area contributed by atoms with Crippen LogP contribution in [0.5, 0.6) is 5.75 Å². The monoisotopic (exact) mass is 410 g/mol. The Bertz CT molecular complexity index is 886. The minimum Gasteiger partial charge on any atom is -0.496 e. The molecule has 1 aliphatic rings. The standard InChI is InChI=1S/C25H34N2O3/c1-4-6-8-9-20-11-12-23(29-3)22(17-20)24-21(10-7-5-2)18-27(26-24)19-25(28)13-15-30-16-14-25/h11-12,17-18,28H,4-7,10,13-16,19H2,1-3H3. The Hall–Kier alpha value is -2.29. The van der Waals surface area contributed by atoms with Crippen LogP contribution in [-0.2, 0) is 17.7 Å². The molecule has 0 bridgehead atoms. The van der Waals surface area contributed by atoms with Gasteiger partial charge in [-0.15, -0.1) is 0 Å². The van der Waals surface area contributed by atoms with Crippen molar-refractivity contribution in [1.82, 2.24) is 9.78 Å². The van der Waals surface area contributed by atoms with Gasteiger partial charge in [0, 0.05) is 49.8 Å². The molecule has 1 aliphatic heterocycles.